The van der Waals surface area contributed by atoms with Crippen LogP contribution >= 0.6 is 0 Å². The van der Waals surface area contributed by atoms with Crippen molar-refractivity contribution >= 4 is 17.5 Å². The zero-order valence-electron chi connectivity index (χ0n) is 21.1. The summed E-state index contributed by atoms with van der Waals surface area (Å²) in [5.41, 5.74) is 3.52. The topological polar surface area (TPSA) is 180 Å². The van der Waals surface area contributed by atoms with Gasteiger partial charge in [-0.15, -0.1) is 0 Å². The number of rotatable bonds is 3. The van der Waals surface area contributed by atoms with Crippen molar-refractivity contribution in [3.63, 3.8) is 0 Å². The Morgan fingerprint density at radius 1 is 1.08 bits per heavy atom. The van der Waals surface area contributed by atoms with Crippen LogP contribution in [0.25, 0.3) is 11.1 Å². The van der Waals surface area contributed by atoms with E-state index < -0.39 is 58.0 Å². The molecule has 3 aliphatic carbocycles. The summed E-state index contributed by atoms with van der Waals surface area (Å²) in [5, 5.41) is 44.7. The van der Waals surface area contributed by atoms with E-state index in [1.807, 2.05) is 6.07 Å². The van der Waals surface area contributed by atoms with Crippen LogP contribution in [0.5, 0.6) is 17.2 Å². The van der Waals surface area contributed by atoms with E-state index in [0.29, 0.717) is 22.6 Å². The fourth-order valence-electron chi connectivity index (χ4n) is 6.59. The van der Waals surface area contributed by atoms with Crippen LogP contribution < -0.4 is 15.2 Å². The number of ether oxygens (including phenoxy) is 2. The monoisotopic (exact) mass is 534 g/mol. The zero-order valence-corrected chi connectivity index (χ0v) is 21.1. The molecule has 0 saturated heterocycles. The number of benzene rings is 2. The highest BCUT2D eigenvalue weighted by atomic mass is 16.7. The average molecular weight is 535 g/mol. The Labute approximate surface area is 222 Å². The first-order valence-electron chi connectivity index (χ1n) is 12.4. The number of carbonyl (C=O) groups excluding carboxylic acids is 3. The number of aliphatic hydroxyl groups excluding tert-OH is 2. The van der Waals surface area contributed by atoms with Gasteiger partial charge in [0.15, 0.2) is 22.9 Å². The second-order valence-electron chi connectivity index (χ2n) is 10.5. The van der Waals surface area contributed by atoms with Gasteiger partial charge in [0, 0.05) is 11.5 Å². The van der Waals surface area contributed by atoms with Gasteiger partial charge in [-0.3, -0.25) is 19.3 Å². The number of fused-ring (bicyclic) bond motifs is 4. The number of likely N-dealkylation sites (N-methyl/N-ethyl adjacent to an activating group) is 1. The predicted molar refractivity (Wildman–Crippen MR) is 135 cm³/mol. The summed E-state index contributed by atoms with van der Waals surface area (Å²) >= 11 is 0. The molecule has 0 saturated carbocycles. The molecule has 0 radical (unpaired) electrons. The molecule has 202 valence electrons. The number of aromatic hydroxyl groups is 1. The van der Waals surface area contributed by atoms with E-state index >= 15 is 0 Å². The third-order valence-corrected chi connectivity index (χ3v) is 8.29. The second-order valence-corrected chi connectivity index (χ2v) is 10.5. The summed E-state index contributed by atoms with van der Waals surface area (Å²) in [5.74, 6) is -5.70. The van der Waals surface area contributed by atoms with Gasteiger partial charge in [0.25, 0.3) is 5.91 Å². The number of amides is 1. The number of phenolic OH excluding ortho intramolecular Hbond substituents is 1. The summed E-state index contributed by atoms with van der Waals surface area (Å²) in [6.45, 7) is 0.0925. The molecular weight excluding hydrogens is 508 g/mol. The maximum absolute atomic E-state index is 13.9. The van der Waals surface area contributed by atoms with Crippen LogP contribution in [-0.2, 0) is 16.0 Å². The molecule has 1 amide bonds. The van der Waals surface area contributed by atoms with Crippen LogP contribution in [0.4, 0.5) is 0 Å². The minimum atomic E-state index is -2.67. The summed E-state index contributed by atoms with van der Waals surface area (Å²) < 4.78 is 10.9. The number of Topliss-reactive ketones (excluding diaryl/α,β-unsaturated/α-hetero) is 2. The predicted octanol–water partition coefficient (Wildman–Crippen LogP) is 1.52. The third-order valence-electron chi connectivity index (χ3n) is 8.29. The van der Waals surface area contributed by atoms with Crippen molar-refractivity contribution in [2.45, 2.75) is 24.5 Å². The number of allylic oxidation sites excluding steroid dienone is 1. The molecule has 0 aromatic heterocycles. The van der Waals surface area contributed by atoms with Gasteiger partial charge in [0.05, 0.1) is 11.6 Å². The van der Waals surface area contributed by atoms with Gasteiger partial charge in [0.1, 0.15) is 22.8 Å². The van der Waals surface area contributed by atoms with E-state index in [1.165, 1.54) is 11.0 Å². The molecule has 1 aliphatic heterocycles. The number of phenols is 1. The lowest BCUT2D eigenvalue weighted by Gasteiger charge is -2.50. The molecule has 6 rings (SSSR count). The number of primary amides is 1. The minimum absolute atomic E-state index is 0.0159. The normalized spacial score (nSPS) is 27.4. The lowest BCUT2D eigenvalue weighted by Crippen LogP contribution is -2.63. The standard InChI is InChI=1S/C28H26N2O9/c1-30(2)22-15-8-12-7-14-13(11-3-6-17-18(9-11)39-10-38-17)4-5-16(31)20(14)23(32)19(12)25(34)28(15,37)26(35)21(24(22)33)27(29)36/h3-6,9,12,15,22,31,33-34,37H,7-8,10H2,1-2H3,(H2,29,36)/t12-,15-,22-,28+/m1/s1. The fraction of sp³-hybridized carbons (Fsp3) is 0.321. The molecule has 4 atom stereocenters. The second kappa shape index (κ2) is 8.32. The lowest BCUT2D eigenvalue weighted by atomic mass is 9.58. The Kier molecular flexibility index (Phi) is 5.33. The number of aliphatic hydroxyl groups is 3. The van der Waals surface area contributed by atoms with Gasteiger partial charge in [-0.2, -0.15) is 0 Å². The number of hydrogen-bond donors (Lipinski definition) is 5. The largest absolute Gasteiger partial charge is 0.510 e. The Morgan fingerprint density at radius 3 is 2.49 bits per heavy atom. The van der Waals surface area contributed by atoms with Crippen LogP contribution in [0.15, 0.2) is 53.0 Å². The first-order valence-corrected chi connectivity index (χ1v) is 12.4. The lowest BCUT2D eigenvalue weighted by molar-refractivity contribution is -0.148. The molecule has 11 nitrogen and oxygen atoms in total. The van der Waals surface area contributed by atoms with Gasteiger partial charge in [0.2, 0.25) is 12.6 Å². The van der Waals surface area contributed by atoms with Crippen molar-refractivity contribution in [3.05, 3.63) is 64.1 Å². The molecule has 6 N–H and O–H groups in total. The molecule has 0 unspecified atom stereocenters. The molecule has 2 aromatic rings. The van der Waals surface area contributed by atoms with Gasteiger partial charge in [-0.1, -0.05) is 12.1 Å². The van der Waals surface area contributed by atoms with E-state index in [4.69, 9.17) is 15.2 Å². The van der Waals surface area contributed by atoms with Crippen molar-refractivity contribution in [1.29, 1.82) is 0 Å². The third kappa shape index (κ3) is 3.26. The van der Waals surface area contributed by atoms with E-state index in [2.05, 4.69) is 0 Å². The van der Waals surface area contributed by atoms with Gasteiger partial charge in [-0.05, 0) is 67.7 Å². The summed E-state index contributed by atoms with van der Waals surface area (Å²) in [6.07, 6.45) is 0.203. The maximum Gasteiger partial charge on any atom is 0.255 e. The number of nitrogens with zero attached hydrogens (tertiary/aromatic N) is 1. The van der Waals surface area contributed by atoms with Gasteiger partial charge >= 0.3 is 0 Å². The molecule has 11 heteroatoms. The fourth-order valence-corrected chi connectivity index (χ4v) is 6.59. The van der Waals surface area contributed by atoms with Crippen LogP contribution in [0, 0.1) is 11.8 Å². The van der Waals surface area contributed by atoms with Crippen molar-refractivity contribution in [3.8, 4) is 28.4 Å². The molecule has 2 aromatic carbocycles. The number of hydrogen-bond acceptors (Lipinski definition) is 10. The molecule has 0 fully saturated rings. The molecule has 0 spiro atoms. The quantitative estimate of drug-likeness (QED) is 0.362. The zero-order chi connectivity index (χ0) is 28.0. The first-order chi connectivity index (χ1) is 18.5. The van der Waals surface area contributed by atoms with E-state index in [0.717, 1.165) is 5.56 Å². The van der Waals surface area contributed by atoms with Crippen molar-refractivity contribution in [1.82, 2.24) is 4.90 Å². The molecule has 4 aliphatic rings. The van der Waals surface area contributed by atoms with E-state index in [9.17, 15) is 34.8 Å². The van der Waals surface area contributed by atoms with E-state index in [-0.39, 0.29) is 36.5 Å². The Bertz CT molecular complexity index is 1560. The van der Waals surface area contributed by atoms with Crippen LogP contribution in [0.1, 0.15) is 22.3 Å². The summed E-state index contributed by atoms with van der Waals surface area (Å²) in [6, 6.07) is 7.34. The molecule has 0 bridgehead atoms. The van der Waals surface area contributed by atoms with Crippen LogP contribution in [-0.4, -0.2) is 75.3 Å². The molecule has 1 heterocycles. The van der Waals surface area contributed by atoms with Gasteiger partial charge in [-0.25, -0.2) is 0 Å². The van der Waals surface area contributed by atoms with Crippen molar-refractivity contribution in [2.24, 2.45) is 17.6 Å². The SMILES string of the molecule is CN(C)[C@H]1C(O)=C(C(N)=O)C(=O)[C@@]2(O)C(O)=C3C(=O)c4c(O)ccc(-c5ccc6c(c5)OCO6)c4C[C@@H]3C[C@H]12. The van der Waals surface area contributed by atoms with Gasteiger partial charge < -0.3 is 35.6 Å². The summed E-state index contributed by atoms with van der Waals surface area (Å²) in [4.78, 5) is 40.9. The average Bonchev–Trinajstić information content (AvgIpc) is 3.34. The molecule has 39 heavy (non-hydrogen) atoms. The highest BCUT2D eigenvalue weighted by Gasteiger charge is 2.63. The van der Waals surface area contributed by atoms with Crippen molar-refractivity contribution in [2.75, 3.05) is 20.9 Å². The Balaban J connectivity index is 1.53. The van der Waals surface area contributed by atoms with Crippen LogP contribution in [0.3, 0.4) is 0 Å². The molecular formula is C28H26N2O9. The Hall–Kier alpha value is -4.35. The van der Waals surface area contributed by atoms with E-state index in [1.54, 1.807) is 32.3 Å². The maximum atomic E-state index is 13.9. The first kappa shape index (κ1) is 25.0. The number of nitrogens with two attached hydrogens (primary N) is 1. The Morgan fingerprint density at radius 2 is 1.79 bits per heavy atom. The number of ketones is 2. The van der Waals surface area contributed by atoms with Crippen LogP contribution in [0.2, 0.25) is 0 Å². The van der Waals surface area contributed by atoms with Crippen molar-refractivity contribution < 1.29 is 44.3 Å². The number of carbonyl (C=O) groups is 3. The minimum Gasteiger partial charge on any atom is -0.510 e. The highest BCUT2D eigenvalue weighted by molar-refractivity contribution is 6.24. The summed E-state index contributed by atoms with van der Waals surface area (Å²) in [7, 11) is 3.17. The smallest absolute Gasteiger partial charge is 0.255 e. The highest BCUT2D eigenvalue weighted by Crippen LogP contribution is 2.53.